The number of anilines is 1. The smallest absolute Gasteiger partial charge is 0.266 e. The van der Waals surface area contributed by atoms with E-state index in [4.69, 9.17) is 16.3 Å². The molecule has 0 aliphatic rings. The fourth-order valence-corrected chi connectivity index (χ4v) is 4.42. The van der Waals surface area contributed by atoms with Crippen LogP contribution in [0.4, 0.5) is 10.1 Å². The monoisotopic (exact) mass is 576 g/mol. The lowest BCUT2D eigenvalue weighted by Gasteiger charge is -2.12. The average Bonchev–Trinajstić information content (AvgIpc) is 2.75. The van der Waals surface area contributed by atoms with Crippen molar-refractivity contribution in [2.75, 3.05) is 5.32 Å². The third-order valence-electron chi connectivity index (χ3n) is 4.47. The summed E-state index contributed by atoms with van der Waals surface area (Å²) in [6, 6.07) is 16.8. The number of ether oxygens (including phenoxy) is 1. The van der Waals surface area contributed by atoms with E-state index < -0.39 is 5.91 Å². The van der Waals surface area contributed by atoms with Gasteiger partial charge in [-0.15, -0.1) is 0 Å². The Morgan fingerprint density at radius 3 is 2.53 bits per heavy atom. The highest BCUT2D eigenvalue weighted by atomic mass is 79.9. The third kappa shape index (κ3) is 5.98. The van der Waals surface area contributed by atoms with Gasteiger partial charge in [0.15, 0.2) is 0 Å². The molecule has 1 N–H and O–H groups in total. The first-order valence-electron chi connectivity index (χ1n) is 9.33. The zero-order valence-electron chi connectivity index (χ0n) is 16.8. The number of aryl methyl sites for hydroxylation is 1. The van der Waals surface area contributed by atoms with Crippen LogP contribution in [0, 0.1) is 24.1 Å². The van der Waals surface area contributed by atoms with Gasteiger partial charge in [0.05, 0.1) is 8.95 Å². The predicted molar refractivity (Wildman–Crippen MR) is 131 cm³/mol. The molecule has 32 heavy (non-hydrogen) atoms. The van der Waals surface area contributed by atoms with Gasteiger partial charge in [0, 0.05) is 16.3 Å². The van der Waals surface area contributed by atoms with Crippen molar-refractivity contribution in [1.29, 1.82) is 5.26 Å². The molecule has 0 saturated carbocycles. The number of halogens is 4. The van der Waals surface area contributed by atoms with Gasteiger partial charge in [-0.25, -0.2) is 4.39 Å². The minimum Gasteiger partial charge on any atom is -0.486 e. The van der Waals surface area contributed by atoms with Crippen molar-refractivity contribution < 1.29 is 13.9 Å². The molecule has 0 aliphatic heterocycles. The molecule has 0 bridgehead atoms. The van der Waals surface area contributed by atoms with Crippen molar-refractivity contribution in [2.45, 2.75) is 13.5 Å². The van der Waals surface area contributed by atoms with E-state index in [0.29, 0.717) is 36.5 Å². The lowest BCUT2D eigenvalue weighted by atomic mass is 10.1. The van der Waals surface area contributed by atoms with Crippen LogP contribution < -0.4 is 10.1 Å². The van der Waals surface area contributed by atoms with Crippen LogP contribution in [-0.4, -0.2) is 5.91 Å². The number of hydrogen-bond acceptors (Lipinski definition) is 3. The first-order valence-corrected chi connectivity index (χ1v) is 11.3. The number of nitrogens with one attached hydrogen (secondary N) is 1. The molecule has 0 aromatic heterocycles. The highest BCUT2D eigenvalue weighted by molar-refractivity contribution is 9.11. The van der Waals surface area contributed by atoms with Crippen molar-refractivity contribution in [3.8, 4) is 11.8 Å². The molecule has 4 nitrogen and oxygen atoms in total. The van der Waals surface area contributed by atoms with Crippen LogP contribution in [0.25, 0.3) is 6.08 Å². The Balaban J connectivity index is 1.80. The molecule has 0 radical (unpaired) electrons. The first-order chi connectivity index (χ1) is 15.3. The van der Waals surface area contributed by atoms with Gasteiger partial charge in [0.1, 0.15) is 29.8 Å². The molecule has 0 heterocycles. The van der Waals surface area contributed by atoms with Gasteiger partial charge in [-0.1, -0.05) is 35.9 Å². The summed E-state index contributed by atoms with van der Waals surface area (Å²) in [5.41, 5.74) is 2.29. The molecule has 1 amide bonds. The minimum absolute atomic E-state index is 0.0455. The summed E-state index contributed by atoms with van der Waals surface area (Å²) in [5.74, 6) is -0.424. The van der Waals surface area contributed by atoms with Gasteiger partial charge in [0.25, 0.3) is 5.91 Å². The summed E-state index contributed by atoms with van der Waals surface area (Å²) in [6.07, 6.45) is 1.46. The molecule has 0 spiro atoms. The SMILES string of the molecule is Cc1ccc(Cl)cc1NC(=O)/C(C#N)=C/c1cc(Br)c(OCc2ccccc2F)c(Br)c1. The lowest BCUT2D eigenvalue weighted by molar-refractivity contribution is -0.112. The van der Waals surface area contributed by atoms with E-state index in [1.165, 1.54) is 12.1 Å². The van der Waals surface area contributed by atoms with E-state index in [-0.39, 0.29) is 18.0 Å². The number of carbonyl (C=O) groups excluding carboxylic acids is 1. The predicted octanol–water partition coefficient (Wildman–Crippen LogP) is 7.44. The van der Waals surface area contributed by atoms with E-state index in [1.54, 1.807) is 48.5 Å². The standard InChI is InChI=1S/C24H16Br2ClFN2O2/c1-14-6-7-18(27)11-22(14)30-24(31)17(12-29)8-15-9-19(25)23(20(26)10-15)32-13-16-4-2-3-5-21(16)28/h2-11H,13H2,1H3,(H,30,31)/b17-8+. The van der Waals surface area contributed by atoms with E-state index in [2.05, 4.69) is 37.2 Å². The van der Waals surface area contributed by atoms with Gasteiger partial charge in [-0.05, 0) is 86.3 Å². The molecule has 3 aromatic carbocycles. The molecule has 0 saturated heterocycles. The number of amides is 1. The van der Waals surface area contributed by atoms with Gasteiger partial charge in [-0.2, -0.15) is 5.26 Å². The Labute approximate surface area is 206 Å². The minimum atomic E-state index is -0.551. The zero-order chi connectivity index (χ0) is 23.3. The largest absolute Gasteiger partial charge is 0.486 e. The summed E-state index contributed by atoms with van der Waals surface area (Å²) >= 11 is 12.9. The van der Waals surface area contributed by atoms with E-state index in [9.17, 15) is 14.4 Å². The van der Waals surface area contributed by atoms with Crippen LogP contribution in [0.5, 0.6) is 5.75 Å². The number of nitriles is 1. The average molecular weight is 579 g/mol. The first kappa shape index (κ1) is 24.0. The Morgan fingerprint density at radius 2 is 1.88 bits per heavy atom. The van der Waals surface area contributed by atoms with Gasteiger partial charge < -0.3 is 10.1 Å². The van der Waals surface area contributed by atoms with Crippen molar-refractivity contribution in [3.05, 3.63) is 96.6 Å². The van der Waals surface area contributed by atoms with E-state index in [0.717, 1.165) is 5.56 Å². The molecular formula is C24H16Br2ClFN2O2. The van der Waals surface area contributed by atoms with Crippen LogP contribution in [-0.2, 0) is 11.4 Å². The summed E-state index contributed by atoms with van der Waals surface area (Å²) < 4.78 is 20.8. The lowest BCUT2D eigenvalue weighted by Crippen LogP contribution is -2.14. The quantitative estimate of drug-likeness (QED) is 0.244. The van der Waals surface area contributed by atoms with Crippen LogP contribution in [0.2, 0.25) is 5.02 Å². The van der Waals surface area contributed by atoms with Crippen LogP contribution in [0.15, 0.2) is 69.1 Å². The number of nitrogens with zero attached hydrogens (tertiary/aromatic N) is 1. The second kappa shape index (κ2) is 10.8. The Kier molecular flexibility index (Phi) is 8.08. The number of carbonyl (C=O) groups is 1. The van der Waals surface area contributed by atoms with Crippen molar-refractivity contribution in [1.82, 2.24) is 0 Å². The Bertz CT molecular complexity index is 1230. The molecule has 0 unspecified atom stereocenters. The molecule has 3 aromatic rings. The third-order valence-corrected chi connectivity index (χ3v) is 5.89. The Hall–Kier alpha value is -2.66. The van der Waals surface area contributed by atoms with Crippen molar-refractivity contribution >= 4 is 61.1 Å². The van der Waals surface area contributed by atoms with E-state index >= 15 is 0 Å². The van der Waals surface area contributed by atoms with Crippen molar-refractivity contribution in [2.24, 2.45) is 0 Å². The maximum atomic E-state index is 13.8. The molecular weight excluding hydrogens is 563 g/mol. The second-order valence-electron chi connectivity index (χ2n) is 6.78. The fourth-order valence-electron chi connectivity index (χ4n) is 2.80. The second-order valence-corrected chi connectivity index (χ2v) is 8.92. The van der Waals surface area contributed by atoms with E-state index in [1.807, 2.05) is 13.0 Å². The molecule has 8 heteroatoms. The number of benzene rings is 3. The number of hydrogen-bond donors (Lipinski definition) is 1. The fraction of sp³-hybridized carbons (Fsp3) is 0.0833. The van der Waals surface area contributed by atoms with Crippen LogP contribution in [0.3, 0.4) is 0 Å². The summed E-state index contributed by atoms with van der Waals surface area (Å²) in [7, 11) is 0. The van der Waals surface area contributed by atoms with Crippen LogP contribution in [0.1, 0.15) is 16.7 Å². The zero-order valence-corrected chi connectivity index (χ0v) is 20.7. The normalized spacial score (nSPS) is 11.1. The van der Waals surface area contributed by atoms with Gasteiger partial charge in [-0.3, -0.25) is 4.79 Å². The molecule has 0 atom stereocenters. The van der Waals surface area contributed by atoms with Crippen molar-refractivity contribution in [3.63, 3.8) is 0 Å². The number of rotatable bonds is 6. The summed E-state index contributed by atoms with van der Waals surface area (Å²) in [5, 5.41) is 12.7. The summed E-state index contributed by atoms with van der Waals surface area (Å²) in [4.78, 5) is 12.6. The maximum absolute atomic E-state index is 13.8. The van der Waals surface area contributed by atoms with Gasteiger partial charge in [0.2, 0.25) is 0 Å². The topological polar surface area (TPSA) is 62.1 Å². The Morgan fingerprint density at radius 1 is 1.19 bits per heavy atom. The molecule has 162 valence electrons. The van der Waals surface area contributed by atoms with Crippen LogP contribution >= 0.6 is 43.5 Å². The highest BCUT2D eigenvalue weighted by Crippen LogP contribution is 2.36. The molecule has 0 fully saturated rings. The highest BCUT2D eigenvalue weighted by Gasteiger charge is 2.14. The molecule has 0 aliphatic carbocycles. The maximum Gasteiger partial charge on any atom is 0.266 e. The van der Waals surface area contributed by atoms with Gasteiger partial charge >= 0.3 is 0 Å². The molecule has 3 rings (SSSR count). The summed E-state index contributed by atoms with van der Waals surface area (Å²) in [6.45, 7) is 1.87.